The summed E-state index contributed by atoms with van der Waals surface area (Å²) in [6.07, 6.45) is -8.43. The maximum absolute atomic E-state index is 12.7. The first-order valence-corrected chi connectivity index (χ1v) is 4.90. The van der Waals surface area contributed by atoms with Crippen LogP contribution < -0.4 is 0 Å². The first kappa shape index (κ1) is 14.6. The van der Waals surface area contributed by atoms with E-state index >= 15 is 0 Å². The van der Waals surface area contributed by atoms with Crippen molar-refractivity contribution in [1.82, 2.24) is 4.98 Å². The highest BCUT2D eigenvalue weighted by Gasteiger charge is 2.41. The second-order valence-corrected chi connectivity index (χ2v) is 3.41. The molecule has 0 spiro atoms. The molecule has 0 fully saturated rings. The predicted octanol–water partition coefficient (Wildman–Crippen LogP) is 3.48. The van der Waals surface area contributed by atoms with Gasteiger partial charge in [-0.15, -0.1) is 11.6 Å². The van der Waals surface area contributed by atoms with Gasteiger partial charge in [-0.25, -0.2) is 13.6 Å². The molecule has 0 aliphatic rings. The molecule has 3 nitrogen and oxygen atoms in total. The van der Waals surface area contributed by atoms with Crippen molar-refractivity contribution in [1.29, 1.82) is 0 Å². The SMILES string of the molecule is O=C(O)c1c(CCl)ncc(C(F)F)c1C(F)(F)F. The first-order valence-electron chi connectivity index (χ1n) is 4.36. The minimum Gasteiger partial charge on any atom is -0.478 e. The molecule has 0 aromatic carbocycles. The monoisotopic (exact) mass is 289 g/mol. The van der Waals surface area contributed by atoms with Crippen LogP contribution in [0.4, 0.5) is 22.0 Å². The lowest BCUT2D eigenvalue weighted by Gasteiger charge is -2.16. The third kappa shape index (κ3) is 2.69. The number of carbonyl (C=O) groups is 1. The zero-order chi connectivity index (χ0) is 14.1. The molecule has 1 N–H and O–H groups in total. The highest BCUT2D eigenvalue weighted by Crippen LogP contribution is 2.39. The fraction of sp³-hybridized carbons (Fsp3) is 0.333. The first-order chi connectivity index (χ1) is 8.20. The van der Waals surface area contributed by atoms with Gasteiger partial charge in [-0.3, -0.25) is 4.98 Å². The Kier molecular flexibility index (Phi) is 4.10. The van der Waals surface area contributed by atoms with E-state index in [9.17, 15) is 26.7 Å². The molecule has 0 saturated carbocycles. The Morgan fingerprint density at radius 1 is 1.44 bits per heavy atom. The van der Waals surface area contributed by atoms with Crippen LogP contribution in [0.1, 0.15) is 33.6 Å². The Balaban J connectivity index is 3.71. The number of alkyl halides is 6. The van der Waals surface area contributed by atoms with Gasteiger partial charge in [0, 0.05) is 11.8 Å². The van der Waals surface area contributed by atoms with Crippen molar-refractivity contribution >= 4 is 17.6 Å². The molecular formula is C9H5ClF5NO2. The zero-order valence-electron chi connectivity index (χ0n) is 8.43. The quantitative estimate of drug-likeness (QED) is 0.684. The van der Waals surface area contributed by atoms with Gasteiger partial charge in [0.1, 0.15) is 0 Å². The van der Waals surface area contributed by atoms with E-state index in [2.05, 4.69) is 4.98 Å². The van der Waals surface area contributed by atoms with Crippen LogP contribution in [0.3, 0.4) is 0 Å². The molecule has 0 radical (unpaired) electrons. The number of hydrogen-bond donors (Lipinski definition) is 1. The van der Waals surface area contributed by atoms with Gasteiger partial charge in [-0.2, -0.15) is 13.2 Å². The predicted molar refractivity (Wildman–Crippen MR) is 50.7 cm³/mol. The number of aromatic carboxylic acids is 1. The smallest absolute Gasteiger partial charge is 0.417 e. The van der Waals surface area contributed by atoms with E-state index in [1.807, 2.05) is 0 Å². The van der Waals surface area contributed by atoms with Crippen molar-refractivity contribution in [3.05, 3.63) is 28.6 Å². The molecule has 1 aromatic heterocycles. The number of halogens is 6. The fourth-order valence-corrected chi connectivity index (χ4v) is 1.57. The van der Waals surface area contributed by atoms with Gasteiger partial charge in [0.15, 0.2) is 0 Å². The molecule has 0 atom stereocenters. The molecule has 1 heterocycles. The highest BCUT2D eigenvalue weighted by molar-refractivity contribution is 6.17. The van der Waals surface area contributed by atoms with Gasteiger partial charge >= 0.3 is 12.1 Å². The third-order valence-corrected chi connectivity index (χ3v) is 2.30. The van der Waals surface area contributed by atoms with E-state index in [1.165, 1.54) is 0 Å². The fourth-order valence-electron chi connectivity index (χ4n) is 1.37. The second kappa shape index (κ2) is 5.05. The summed E-state index contributed by atoms with van der Waals surface area (Å²) in [4.78, 5) is 14.0. The number of pyridine rings is 1. The van der Waals surface area contributed by atoms with Gasteiger partial charge < -0.3 is 5.11 Å². The summed E-state index contributed by atoms with van der Waals surface area (Å²) in [7, 11) is 0. The zero-order valence-corrected chi connectivity index (χ0v) is 9.19. The maximum atomic E-state index is 12.7. The minimum atomic E-state index is -5.23. The van der Waals surface area contributed by atoms with Crippen molar-refractivity contribution in [2.75, 3.05) is 0 Å². The second-order valence-electron chi connectivity index (χ2n) is 3.15. The Morgan fingerprint density at radius 3 is 2.33 bits per heavy atom. The lowest BCUT2D eigenvalue weighted by Crippen LogP contribution is -2.19. The van der Waals surface area contributed by atoms with Gasteiger partial charge in [-0.1, -0.05) is 0 Å². The van der Waals surface area contributed by atoms with Crippen molar-refractivity contribution in [2.24, 2.45) is 0 Å². The Labute approximate surface area is 102 Å². The average Bonchev–Trinajstić information content (AvgIpc) is 2.25. The van der Waals surface area contributed by atoms with E-state index in [0.717, 1.165) is 0 Å². The molecule has 1 rings (SSSR count). The number of carboxylic acids is 1. The molecular weight excluding hydrogens is 285 g/mol. The normalized spacial score (nSPS) is 11.9. The summed E-state index contributed by atoms with van der Waals surface area (Å²) >= 11 is 5.25. The standard InChI is InChI=1S/C9H5ClF5NO2/c10-1-4-5(8(17)18)6(9(13,14)15)3(2-16-4)7(11)12/h2,7H,1H2,(H,17,18). The summed E-state index contributed by atoms with van der Waals surface area (Å²) in [6.45, 7) is 0. The topological polar surface area (TPSA) is 50.2 Å². The number of nitrogens with zero attached hydrogens (tertiary/aromatic N) is 1. The van der Waals surface area contributed by atoms with E-state index in [-0.39, 0.29) is 6.20 Å². The number of aromatic nitrogens is 1. The average molecular weight is 290 g/mol. The van der Waals surface area contributed by atoms with Crippen LogP contribution in [0.15, 0.2) is 6.20 Å². The Bertz CT molecular complexity index is 475. The van der Waals surface area contributed by atoms with Crippen molar-refractivity contribution in [3.63, 3.8) is 0 Å². The molecule has 9 heteroatoms. The summed E-state index contributed by atoms with van der Waals surface area (Å²) < 4.78 is 63.0. The van der Waals surface area contributed by atoms with Gasteiger partial charge in [0.2, 0.25) is 0 Å². The maximum Gasteiger partial charge on any atom is 0.417 e. The number of hydrogen-bond acceptors (Lipinski definition) is 2. The van der Waals surface area contributed by atoms with Gasteiger partial charge in [-0.05, 0) is 0 Å². The van der Waals surface area contributed by atoms with E-state index in [4.69, 9.17) is 16.7 Å². The molecule has 0 amide bonds. The Hall–Kier alpha value is -1.44. The minimum absolute atomic E-state index is 0.289. The lowest BCUT2D eigenvalue weighted by atomic mass is 10.0. The summed E-state index contributed by atoms with van der Waals surface area (Å²) in [5.41, 5.74) is -5.33. The summed E-state index contributed by atoms with van der Waals surface area (Å²) in [5, 5.41) is 8.70. The highest BCUT2D eigenvalue weighted by atomic mass is 35.5. The van der Waals surface area contributed by atoms with Gasteiger partial charge in [0.05, 0.1) is 22.7 Å². The summed E-state index contributed by atoms with van der Waals surface area (Å²) in [6, 6.07) is 0. The largest absolute Gasteiger partial charge is 0.478 e. The van der Waals surface area contributed by atoms with Crippen LogP contribution in [0.2, 0.25) is 0 Å². The number of rotatable bonds is 3. The van der Waals surface area contributed by atoms with E-state index in [1.54, 1.807) is 0 Å². The third-order valence-electron chi connectivity index (χ3n) is 2.05. The van der Waals surface area contributed by atoms with Crippen LogP contribution in [-0.2, 0) is 12.1 Å². The van der Waals surface area contributed by atoms with Crippen molar-refractivity contribution < 1.29 is 31.9 Å². The number of carboxylic acid groups (broad SMARTS) is 1. The molecule has 1 aromatic rings. The molecule has 100 valence electrons. The molecule has 0 aliphatic heterocycles. The van der Waals surface area contributed by atoms with Crippen molar-refractivity contribution in [3.8, 4) is 0 Å². The molecule has 0 saturated heterocycles. The summed E-state index contributed by atoms with van der Waals surface area (Å²) in [5.74, 6) is -2.64. The van der Waals surface area contributed by atoms with Crippen LogP contribution in [0, 0.1) is 0 Å². The van der Waals surface area contributed by atoms with Crippen LogP contribution in [0.25, 0.3) is 0 Å². The van der Waals surface area contributed by atoms with Crippen LogP contribution in [0.5, 0.6) is 0 Å². The van der Waals surface area contributed by atoms with Crippen LogP contribution in [-0.4, -0.2) is 16.1 Å². The van der Waals surface area contributed by atoms with E-state index in [0.29, 0.717) is 0 Å². The van der Waals surface area contributed by atoms with E-state index < -0.39 is 46.8 Å². The Morgan fingerprint density at radius 2 is 2.00 bits per heavy atom. The molecule has 0 bridgehead atoms. The molecule has 0 unspecified atom stereocenters. The van der Waals surface area contributed by atoms with Crippen LogP contribution >= 0.6 is 11.6 Å². The van der Waals surface area contributed by atoms with Gasteiger partial charge in [0.25, 0.3) is 6.43 Å². The molecule has 0 aliphatic carbocycles. The lowest BCUT2D eigenvalue weighted by molar-refractivity contribution is -0.140. The van der Waals surface area contributed by atoms with Crippen molar-refractivity contribution in [2.45, 2.75) is 18.5 Å². The molecule has 18 heavy (non-hydrogen) atoms.